The summed E-state index contributed by atoms with van der Waals surface area (Å²) in [4.78, 5) is 18.0. The number of thiazole rings is 1. The molecule has 1 aromatic heterocycles. The number of amides is 1. The molecule has 1 aliphatic rings. The maximum Gasteiger partial charge on any atom is 0.302 e. The average Bonchev–Trinajstić information content (AvgIpc) is 2.98. The van der Waals surface area contributed by atoms with Gasteiger partial charge in [0.2, 0.25) is 5.91 Å². The molecule has 1 aliphatic heterocycles. The number of hydrogen-bond donors (Lipinski definition) is 0. The molecule has 0 bridgehead atoms. The van der Waals surface area contributed by atoms with Crippen LogP contribution in [0.2, 0.25) is 0 Å². The van der Waals surface area contributed by atoms with Gasteiger partial charge in [0.15, 0.2) is 4.34 Å². The molecule has 2 heterocycles. The molecule has 1 saturated heterocycles. The van der Waals surface area contributed by atoms with Gasteiger partial charge in [-0.3, -0.25) is 4.79 Å². The summed E-state index contributed by atoms with van der Waals surface area (Å²) in [6.45, 7) is 0.224. The zero-order chi connectivity index (χ0) is 15.9. The Balaban J connectivity index is 1.86. The van der Waals surface area contributed by atoms with E-state index in [4.69, 9.17) is 0 Å². The van der Waals surface area contributed by atoms with Crippen molar-refractivity contribution in [3.8, 4) is 0 Å². The van der Waals surface area contributed by atoms with Crippen molar-refractivity contribution < 1.29 is 17.1 Å². The molecule has 22 heavy (non-hydrogen) atoms. The lowest BCUT2D eigenvalue weighted by molar-refractivity contribution is -0.117. The van der Waals surface area contributed by atoms with Crippen LogP contribution >= 0.6 is 23.1 Å². The van der Waals surface area contributed by atoms with Gasteiger partial charge in [0.1, 0.15) is 0 Å². The van der Waals surface area contributed by atoms with Gasteiger partial charge < -0.3 is 4.90 Å². The lowest BCUT2D eigenvalue weighted by atomic mass is 10.1. The largest absolute Gasteiger partial charge is 0.312 e. The number of rotatable bonds is 4. The standard InChI is InChI=1S/C13H13FN2O3S3/c1-20-13-15-10-3-2-9(5-11(10)21-13)16-6-8(4-12(16)17)7-22(14,18)19/h2-3,5,8H,4,6-7H2,1H3. The second-order valence-electron chi connectivity index (χ2n) is 5.12. The Hall–Kier alpha value is -1.19. The first kappa shape index (κ1) is 15.7. The molecule has 0 N–H and O–H groups in total. The maximum absolute atomic E-state index is 12.8. The van der Waals surface area contributed by atoms with E-state index in [9.17, 15) is 17.1 Å². The van der Waals surface area contributed by atoms with Crippen molar-refractivity contribution in [2.45, 2.75) is 10.8 Å². The van der Waals surface area contributed by atoms with Gasteiger partial charge in [-0.2, -0.15) is 8.42 Å². The Morgan fingerprint density at radius 1 is 1.50 bits per heavy atom. The number of carbonyl (C=O) groups is 1. The normalized spacial score (nSPS) is 19.3. The van der Waals surface area contributed by atoms with Gasteiger partial charge in [-0.1, -0.05) is 11.8 Å². The number of anilines is 1. The minimum atomic E-state index is -4.56. The first-order chi connectivity index (χ1) is 10.4. The van der Waals surface area contributed by atoms with Crippen LogP contribution in [0.4, 0.5) is 9.57 Å². The Kier molecular flexibility index (Phi) is 4.13. The molecular formula is C13H13FN2O3S3. The third-order valence-corrected chi connectivity index (χ3v) is 6.35. The molecule has 1 fully saturated rings. The summed E-state index contributed by atoms with van der Waals surface area (Å²) >= 11 is 3.10. The Bertz CT molecular complexity index is 834. The number of halogens is 1. The molecule has 0 aliphatic carbocycles. The van der Waals surface area contributed by atoms with Crippen LogP contribution in [0.3, 0.4) is 0 Å². The molecule has 1 aromatic carbocycles. The summed E-state index contributed by atoms with van der Waals surface area (Å²) in [5.41, 5.74) is 1.57. The van der Waals surface area contributed by atoms with Crippen LogP contribution in [0.5, 0.6) is 0 Å². The quantitative estimate of drug-likeness (QED) is 0.619. The SMILES string of the molecule is CSc1nc2ccc(N3CC(CS(=O)(=O)F)CC3=O)cc2s1. The fourth-order valence-corrected chi connectivity index (χ4v) is 4.88. The van der Waals surface area contributed by atoms with Crippen LogP contribution < -0.4 is 4.90 Å². The number of fused-ring (bicyclic) bond motifs is 1. The monoisotopic (exact) mass is 360 g/mol. The van der Waals surface area contributed by atoms with Gasteiger partial charge in [0, 0.05) is 24.6 Å². The number of thioether (sulfide) groups is 1. The van der Waals surface area contributed by atoms with Gasteiger partial charge in [-0.15, -0.1) is 15.2 Å². The predicted octanol–water partition coefficient (Wildman–Crippen LogP) is 2.67. The molecule has 1 unspecified atom stereocenters. The lowest BCUT2D eigenvalue weighted by Gasteiger charge is -2.16. The number of aromatic nitrogens is 1. The molecule has 118 valence electrons. The maximum atomic E-state index is 12.8. The zero-order valence-electron chi connectivity index (χ0n) is 11.7. The minimum Gasteiger partial charge on any atom is -0.312 e. The van der Waals surface area contributed by atoms with E-state index in [0.717, 1.165) is 14.6 Å². The third-order valence-electron chi connectivity index (χ3n) is 3.48. The molecule has 0 spiro atoms. The number of nitrogens with zero attached hydrogens (tertiary/aromatic N) is 2. The second-order valence-corrected chi connectivity index (χ2v) is 8.61. The van der Waals surface area contributed by atoms with Crippen LogP contribution in [-0.2, 0) is 15.0 Å². The highest BCUT2D eigenvalue weighted by molar-refractivity contribution is 8.00. The minimum absolute atomic E-state index is 0.0555. The highest BCUT2D eigenvalue weighted by Crippen LogP contribution is 2.33. The van der Waals surface area contributed by atoms with Gasteiger partial charge in [-0.25, -0.2) is 4.98 Å². The fourth-order valence-electron chi connectivity index (χ4n) is 2.57. The first-order valence-electron chi connectivity index (χ1n) is 6.53. The van der Waals surface area contributed by atoms with E-state index in [0.29, 0.717) is 5.69 Å². The van der Waals surface area contributed by atoms with E-state index in [1.165, 1.54) is 4.90 Å². The van der Waals surface area contributed by atoms with Crippen molar-refractivity contribution in [1.82, 2.24) is 4.98 Å². The van der Waals surface area contributed by atoms with Crippen molar-refractivity contribution >= 4 is 55.1 Å². The van der Waals surface area contributed by atoms with Crippen molar-refractivity contribution in [3.05, 3.63) is 18.2 Å². The highest BCUT2D eigenvalue weighted by Gasteiger charge is 2.33. The molecule has 0 saturated carbocycles. The Morgan fingerprint density at radius 2 is 2.27 bits per heavy atom. The van der Waals surface area contributed by atoms with Gasteiger partial charge in [-0.05, 0) is 24.5 Å². The van der Waals surface area contributed by atoms with E-state index >= 15 is 0 Å². The van der Waals surface area contributed by atoms with Crippen molar-refractivity contribution in [2.75, 3.05) is 23.5 Å². The highest BCUT2D eigenvalue weighted by atomic mass is 32.3. The second kappa shape index (κ2) is 5.78. The molecule has 3 rings (SSSR count). The van der Waals surface area contributed by atoms with Crippen molar-refractivity contribution in [3.63, 3.8) is 0 Å². The number of hydrogen-bond acceptors (Lipinski definition) is 6. The zero-order valence-corrected chi connectivity index (χ0v) is 14.1. The third kappa shape index (κ3) is 3.26. The summed E-state index contributed by atoms with van der Waals surface area (Å²) in [6, 6.07) is 5.50. The summed E-state index contributed by atoms with van der Waals surface area (Å²) in [5.74, 6) is -1.28. The first-order valence-corrected chi connectivity index (χ1v) is 10.1. The van der Waals surface area contributed by atoms with E-state index < -0.39 is 21.9 Å². The van der Waals surface area contributed by atoms with E-state index in [1.54, 1.807) is 29.2 Å². The van der Waals surface area contributed by atoms with Crippen LogP contribution in [0, 0.1) is 5.92 Å². The predicted molar refractivity (Wildman–Crippen MR) is 86.8 cm³/mol. The smallest absolute Gasteiger partial charge is 0.302 e. The molecule has 2 aromatic rings. The molecular weight excluding hydrogens is 347 g/mol. The van der Waals surface area contributed by atoms with E-state index in [-0.39, 0.29) is 18.9 Å². The van der Waals surface area contributed by atoms with E-state index in [1.807, 2.05) is 18.4 Å². The van der Waals surface area contributed by atoms with Crippen LogP contribution in [0.15, 0.2) is 22.5 Å². The summed E-state index contributed by atoms with van der Waals surface area (Å²) in [7, 11) is -4.56. The summed E-state index contributed by atoms with van der Waals surface area (Å²) in [6.07, 6.45) is 2.00. The Morgan fingerprint density at radius 3 is 2.95 bits per heavy atom. The lowest BCUT2D eigenvalue weighted by Crippen LogP contribution is -2.25. The Labute approximate surface area is 135 Å². The van der Waals surface area contributed by atoms with Gasteiger partial charge in [0.25, 0.3) is 0 Å². The van der Waals surface area contributed by atoms with Gasteiger partial charge >= 0.3 is 10.2 Å². The number of carbonyl (C=O) groups excluding carboxylic acids is 1. The van der Waals surface area contributed by atoms with Gasteiger partial charge in [0.05, 0.1) is 16.0 Å². The fraction of sp³-hybridized carbons (Fsp3) is 0.385. The molecule has 9 heteroatoms. The molecule has 5 nitrogen and oxygen atoms in total. The van der Waals surface area contributed by atoms with Crippen molar-refractivity contribution in [2.24, 2.45) is 5.92 Å². The number of benzene rings is 1. The molecule has 1 atom stereocenters. The molecule has 0 radical (unpaired) electrons. The van der Waals surface area contributed by atoms with Crippen LogP contribution in [0.25, 0.3) is 10.2 Å². The van der Waals surface area contributed by atoms with E-state index in [2.05, 4.69) is 4.98 Å². The molecule has 1 amide bonds. The van der Waals surface area contributed by atoms with Crippen molar-refractivity contribution in [1.29, 1.82) is 0 Å². The van der Waals surface area contributed by atoms with Crippen LogP contribution in [-0.4, -0.2) is 37.9 Å². The summed E-state index contributed by atoms with van der Waals surface area (Å²) < 4.78 is 36.2. The average molecular weight is 360 g/mol. The van der Waals surface area contributed by atoms with Crippen LogP contribution in [0.1, 0.15) is 6.42 Å². The summed E-state index contributed by atoms with van der Waals surface area (Å²) in [5, 5.41) is 0. The topological polar surface area (TPSA) is 67.3 Å².